The van der Waals surface area contributed by atoms with Gasteiger partial charge in [0.1, 0.15) is 0 Å². The van der Waals surface area contributed by atoms with Gasteiger partial charge in [0.2, 0.25) is 0 Å². The van der Waals surface area contributed by atoms with Gasteiger partial charge in [-0.25, -0.2) is 0 Å². The summed E-state index contributed by atoms with van der Waals surface area (Å²) in [5.41, 5.74) is 6.24. The Balaban J connectivity index is 1.66. The predicted octanol–water partition coefficient (Wildman–Crippen LogP) is 4.66. The van der Waals surface area contributed by atoms with Crippen molar-refractivity contribution in [1.29, 1.82) is 0 Å². The van der Waals surface area contributed by atoms with E-state index in [1.165, 1.54) is 22.3 Å². The van der Waals surface area contributed by atoms with E-state index in [1.54, 1.807) is 7.11 Å². The minimum absolute atomic E-state index is 0.139. The minimum atomic E-state index is 0.139. The highest BCUT2D eigenvalue weighted by Gasteiger charge is 2.22. The molecular weight excluding hydrogens is 348 g/mol. The zero-order chi connectivity index (χ0) is 20.1. The summed E-state index contributed by atoms with van der Waals surface area (Å²) in [7, 11) is 1.74. The van der Waals surface area contributed by atoms with Gasteiger partial charge in [-0.15, -0.1) is 0 Å². The molecule has 1 aliphatic heterocycles. The van der Waals surface area contributed by atoms with Crippen molar-refractivity contribution >= 4 is 0 Å². The van der Waals surface area contributed by atoms with Crippen molar-refractivity contribution in [3.63, 3.8) is 0 Å². The lowest BCUT2D eigenvalue weighted by Gasteiger charge is -2.30. The molecule has 1 N–H and O–H groups in total. The van der Waals surface area contributed by atoms with Gasteiger partial charge in [-0.3, -0.25) is 4.90 Å². The van der Waals surface area contributed by atoms with E-state index >= 15 is 0 Å². The van der Waals surface area contributed by atoms with Crippen LogP contribution in [0.1, 0.15) is 43.0 Å². The highest BCUT2D eigenvalue weighted by molar-refractivity contribution is 5.52. The van der Waals surface area contributed by atoms with Crippen molar-refractivity contribution in [2.75, 3.05) is 13.7 Å². The Morgan fingerprint density at radius 2 is 1.86 bits per heavy atom. The Morgan fingerprint density at radius 1 is 1.14 bits per heavy atom. The molecule has 0 spiro atoms. The number of hydrogen-bond donors (Lipinski definition) is 1. The Bertz CT molecular complexity index is 812. The highest BCUT2D eigenvalue weighted by Crippen LogP contribution is 2.37. The Morgan fingerprint density at radius 3 is 2.50 bits per heavy atom. The van der Waals surface area contributed by atoms with E-state index in [0.717, 1.165) is 49.8 Å². The lowest BCUT2D eigenvalue weighted by atomic mass is 9.97. The van der Waals surface area contributed by atoms with Crippen LogP contribution in [0.3, 0.4) is 0 Å². The second-order valence-electron chi connectivity index (χ2n) is 7.81. The van der Waals surface area contributed by atoms with Crippen molar-refractivity contribution in [3.8, 4) is 11.5 Å². The summed E-state index contributed by atoms with van der Waals surface area (Å²) < 4.78 is 11.6. The molecule has 3 rings (SSSR count). The lowest BCUT2D eigenvalue weighted by Crippen LogP contribution is -2.30. The van der Waals surface area contributed by atoms with Gasteiger partial charge in [0.25, 0.3) is 0 Å². The third-order valence-corrected chi connectivity index (χ3v) is 4.98. The van der Waals surface area contributed by atoms with Crippen LogP contribution in [0.15, 0.2) is 48.7 Å². The number of methoxy groups -OCH3 is 1. The number of nitrogens with zero attached hydrogens (tertiary/aromatic N) is 1. The van der Waals surface area contributed by atoms with E-state index in [2.05, 4.69) is 47.1 Å². The van der Waals surface area contributed by atoms with Crippen molar-refractivity contribution in [1.82, 2.24) is 10.2 Å². The summed E-state index contributed by atoms with van der Waals surface area (Å²) in [6, 6.07) is 13.1. The van der Waals surface area contributed by atoms with E-state index < -0.39 is 0 Å². The monoisotopic (exact) mass is 380 g/mol. The zero-order valence-electron chi connectivity index (χ0n) is 17.5. The molecule has 2 aromatic rings. The van der Waals surface area contributed by atoms with Gasteiger partial charge in [0, 0.05) is 37.4 Å². The Kier molecular flexibility index (Phi) is 6.63. The molecule has 150 valence electrons. The quantitative estimate of drug-likeness (QED) is 0.722. The SMILES string of the molecule is C=C(C)NCc1ccc(CN2CCc3c(ccc(OC(C)C)c3OC)C2)cc1. The molecule has 0 unspecified atom stereocenters. The summed E-state index contributed by atoms with van der Waals surface area (Å²) >= 11 is 0. The Hall–Kier alpha value is -2.46. The minimum Gasteiger partial charge on any atom is -0.493 e. The molecular formula is C24H32N2O2. The molecule has 0 aromatic heterocycles. The number of ether oxygens (including phenoxy) is 2. The van der Waals surface area contributed by atoms with Gasteiger partial charge in [-0.1, -0.05) is 36.9 Å². The van der Waals surface area contributed by atoms with E-state index in [4.69, 9.17) is 9.47 Å². The molecule has 28 heavy (non-hydrogen) atoms. The summed E-state index contributed by atoms with van der Waals surface area (Å²) in [5.74, 6) is 1.75. The van der Waals surface area contributed by atoms with E-state index in [0.29, 0.717) is 0 Å². The van der Waals surface area contributed by atoms with Crippen LogP contribution in [0, 0.1) is 0 Å². The predicted molar refractivity (Wildman–Crippen MR) is 115 cm³/mol. The van der Waals surface area contributed by atoms with Crippen LogP contribution >= 0.6 is 0 Å². The van der Waals surface area contributed by atoms with Crippen molar-refractivity contribution in [2.45, 2.75) is 52.9 Å². The maximum Gasteiger partial charge on any atom is 0.164 e. The van der Waals surface area contributed by atoms with Crippen LogP contribution in [0.4, 0.5) is 0 Å². The van der Waals surface area contributed by atoms with Crippen LogP contribution < -0.4 is 14.8 Å². The maximum absolute atomic E-state index is 5.92. The average Bonchev–Trinajstić information content (AvgIpc) is 2.67. The van der Waals surface area contributed by atoms with Crippen LogP contribution in [0.2, 0.25) is 0 Å². The molecule has 2 aromatic carbocycles. The lowest BCUT2D eigenvalue weighted by molar-refractivity contribution is 0.222. The van der Waals surface area contributed by atoms with E-state index in [-0.39, 0.29) is 6.10 Å². The molecule has 1 heterocycles. The fourth-order valence-electron chi connectivity index (χ4n) is 3.64. The smallest absolute Gasteiger partial charge is 0.164 e. The van der Waals surface area contributed by atoms with Crippen molar-refractivity contribution < 1.29 is 9.47 Å². The molecule has 0 radical (unpaired) electrons. The molecule has 0 amide bonds. The zero-order valence-corrected chi connectivity index (χ0v) is 17.5. The highest BCUT2D eigenvalue weighted by atomic mass is 16.5. The molecule has 0 aliphatic carbocycles. The number of allylic oxidation sites excluding steroid dienone is 1. The van der Waals surface area contributed by atoms with Gasteiger partial charge in [-0.2, -0.15) is 0 Å². The molecule has 4 heteroatoms. The van der Waals surface area contributed by atoms with Crippen LogP contribution in [0.5, 0.6) is 11.5 Å². The summed E-state index contributed by atoms with van der Waals surface area (Å²) in [4.78, 5) is 2.49. The van der Waals surface area contributed by atoms with Gasteiger partial charge in [0.05, 0.1) is 13.2 Å². The summed E-state index contributed by atoms with van der Waals surface area (Å²) in [6.07, 6.45) is 1.12. The van der Waals surface area contributed by atoms with E-state index in [1.807, 2.05) is 26.8 Å². The number of fused-ring (bicyclic) bond motifs is 1. The first-order valence-electron chi connectivity index (χ1n) is 10.0. The average molecular weight is 381 g/mol. The molecule has 4 nitrogen and oxygen atoms in total. The first-order chi connectivity index (χ1) is 13.5. The normalized spacial score (nSPS) is 13.9. The molecule has 0 fully saturated rings. The van der Waals surface area contributed by atoms with Gasteiger partial charge < -0.3 is 14.8 Å². The number of benzene rings is 2. The second kappa shape index (κ2) is 9.16. The number of nitrogens with one attached hydrogen (secondary N) is 1. The molecule has 0 saturated carbocycles. The molecule has 0 saturated heterocycles. The summed E-state index contributed by atoms with van der Waals surface area (Å²) in [5, 5.41) is 3.27. The van der Waals surface area contributed by atoms with Gasteiger partial charge >= 0.3 is 0 Å². The second-order valence-corrected chi connectivity index (χ2v) is 7.81. The fraction of sp³-hybridized carbons (Fsp3) is 0.417. The topological polar surface area (TPSA) is 33.7 Å². The molecule has 1 aliphatic rings. The molecule has 0 bridgehead atoms. The van der Waals surface area contributed by atoms with Crippen LogP contribution in [-0.4, -0.2) is 24.7 Å². The third kappa shape index (κ3) is 5.08. The largest absolute Gasteiger partial charge is 0.493 e. The van der Waals surface area contributed by atoms with Crippen LogP contribution in [0.25, 0.3) is 0 Å². The number of rotatable bonds is 8. The Labute approximate surface area is 169 Å². The van der Waals surface area contributed by atoms with Crippen molar-refractivity contribution in [2.24, 2.45) is 0 Å². The third-order valence-electron chi connectivity index (χ3n) is 4.98. The van der Waals surface area contributed by atoms with E-state index in [9.17, 15) is 0 Å². The fourth-order valence-corrected chi connectivity index (χ4v) is 3.64. The summed E-state index contributed by atoms with van der Waals surface area (Å²) in [6.45, 7) is 13.7. The van der Waals surface area contributed by atoms with Gasteiger partial charge in [-0.05, 0) is 49.9 Å². The maximum atomic E-state index is 5.92. The molecule has 0 atom stereocenters. The van der Waals surface area contributed by atoms with Crippen molar-refractivity contribution in [3.05, 3.63) is 70.9 Å². The standard InChI is InChI=1S/C24H32N2O2/c1-17(2)25-14-19-6-8-20(9-7-19)15-26-13-12-22-21(16-26)10-11-23(24(22)27-5)28-18(3)4/h6-11,18,25H,1,12-16H2,2-5H3. The first-order valence-corrected chi connectivity index (χ1v) is 10.0. The van der Waals surface area contributed by atoms with Gasteiger partial charge in [0.15, 0.2) is 11.5 Å². The number of hydrogen-bond acceptors (Lipinski definition) is 4. The first kappa shape index (κ1) is 20.3. The van der Waals surface area contributed by atoms with Crippen LogP contribution in [-0.2, 0) is 26.1 Å².